The van der Waals surface area contributed by atoms with Gasteiger partial charge in [-0.2, -0.15) is 0 Å². The Balaban J connectivity index is 1.46. The number of fused-ring (bicyclic) bond motifs is 1. The highest BCUT2D eigenvalue weighted by atomic mass is 79.9. The molecule has 0 amide bonds. The molecule has 0 radical (unpaired) electrons. The highest BCUT2D eigenvalue weighted by Crippen LogP contribution is 2.31. The molecule has 3 atom stereocenters. The average Bonchev–Trinajstić information content (AvgIpc) is 2.95. The van der Waals surface area contributed by atoms with Gasteiger partial charge in [0.25, 0.3) is 0 Å². The summed E-state index contributed by atoms with van der Waals surface area (Å²) < 4.78 is 7.02. The van der Waals surface area contributed by atoms with Crippen LogP contribution in [0.3, 0.4) is 0 Å². The molecule has 1 aromatic rings. The SMILES string of the molecule is OC1CCCC1CNCC1Cc2cc(Br)ccc2O1. The molecular formula is C15H20BrNO2. The summed E-state index contributed by atoms with van der Waals surface area (Å²) in [5.41, 5.74) is 1.28. The molecule has 4 heteroatoms. The molecule has 19 heavy (non-hydrogen) atoms. The Bertz CT molecular complexity index is 452. The van der Waals surface area contributed by atoms with Crippen LogP contribution in [0.1, 0.15) is 24.8 Å². The number of nitrogens with one attached hydrogen (secondary N) is 1. The lowest BCUT2D eigenvalue weighted by Gasteiger charge is -2.17. The molecule has 3 unspecified atom stereocenters. The van der Waals surface area contributed by atoms with Gasteiger partial charge in [-0.05, 0) is 42.5 Å². The van der Waals surface area contributed by atoms with E-state index in [1.54, 1.807) is 0 Å². The van der Waals surface area contributed by atoms with E-state index in [9.17, 15) is 5.11 Å². The van der Waals surface area contributed by atoms with E-state index < -0.39 is 0 Å². The van der Waals surface area contributed by atoms with Gasteiger partial charge in [0.15, 0.2) is 0 Å². The van der Waals surface area contributed by atoms with Crippen molar-refractivity contribution in [2.24, 2.45) is 5.92 Å². The molecule has 1 saturated carbocycles. The third kappa shape index (κ3) is 3.12. The van der Waals surface area contributed by atoms with Crippen molar-refractivity contribution in [3.05, 3.63) is 28.2 Å². The summed E-state index contributed by atoms with van der Waals surface area (Å²) in [5.74, 6) is 1.44. The summed E-state index contributed by atoms with van der Waals surface area (Å²) in [6, 6.07) is 6.18. The second kappa shape index (κ2) is 5.81. The van der Waals surface area contributed by atoms with Gasteiger partial charge in [-0.25, -0.2) is 0 Å². The average molecular weight is 326 g/mol. The normalized spacial score (nSPS) is 29.3. The molecule has 1 aliphatic heterocycles. The van der Waals surface area contributed by atoms with E-state index in [0.29, 0.717) is 5.92 Å². The number of rotatable bonds is 4. The smallest absolute Gasteiger partial charge is 0.123 e. The fourth-order valence-electron chi connectivity index (χ4n) is 3.09. The summed E-state index contributed by atoms with van der Waals surface area (Å²) in [5, 5.41) is 13.2. The van der Waals surface area contributed by atoms with Crippen molar-refractivity contribution in [2.75, 3.05) is 13.1 Å². The maximum absolute atomic E-state index is 9.78. The Morgan fingerprint density at radius 2 is 2.21 bits per heavy atom. The first kappa shape index (κ1) is 13.4. The molecule has 104 valence electrons. The first-order chi connectivity index (χ1) is 9.22. The van der Waals surface area contributed by atoms with Crippen molar-refractivity contribution < 1.29 is 9.84 Å². The lowest BCUT2D eigenvalue weighted by Crippen LogP contribution is -2.35. The molecule has 2 N–H and O–H groups in total. The minimum absolute atomic E-state index is 0.106. The second-order valence-electron chi connectivity index (χ2n) is 5.61. The Kier molecular flexibility index (Phi) is 4.10. The van der Waals surface area contributed by atoms with Crippen LogP contribution in [0.5, 0.6) is 5.75 Å². The molecule has 0 aromatic heterocycles. The molecule has 0 spiro atoms. The van der Waals surface area contributed by atoms with Crippen LogP contribution in [-0.2, 0) is 6.42 Å². The van der Waals surface area contributed by atoms with E-state index in [4.69, 9.17) is 4.74 Å². The number of halogens is 1. The summed E-state index contributed by atoms with van der Waals surface area (Å²) in [4.78, 5) is 0. The fraction of sp³-hybridized carbons (Fsp3) is 0.600. The number of ether oxygens (including phenoxy) is 1. The van der Waals surface area contributed by atoms with Crippen molar-refractivity contribution in [1.82, 2.24) is 5.32 Å². The number of benzene rings is 1. The van der Waals surface area contributed by atoms with E-state index in [-0.39, 0.29) is 12.2 Å². The second-order valence-corrected chi connectivity index (χ2v) is 6.53. The van der Waals surface area contributed by atoms with E-state index in [0.717, 1.165) is 49.0 Å². The van der Waals surface area contributed by atoms with E-state index in [1.165, 1.54) is 5.56 Å². The highest BCUT2D eigenvalue weighted by Gasteiger charge is 2.26. The fourth-order valence-corrected chi connectivity index (χ4v) is 3.50. The van der Waals surface area contributed by atoms with E-state index in [1.807, 2.05) is 12.1 Å². The van der Waals surface area contributed by atoms with Crippen LogP contribution in [0.4, 0.5) is 0 Å². The van der Waals surface area contributed by atoms with Crippen LogP contribution in [0.2, 0.25) is 0 Å². The minimum atomic E-state index is -0.106. The summed E-state index contributed by atoms with van der Waals surface area (Å²) in [6.07, 6.45) is 4.36. The molecule has 2 aliphatic rings. The van der Waals surface area contributed by atoms with Crippen molar-refractivity contribution in [1.29, 1.82) is 0 Å². The van der Waals surface area contributed by atoms with Crippen LogP contribution in [0, 0.1) is 5.92 Å². The lowest BCUT2D eigenvalue weighted by atomic mass is 10.1. The maximum Gasteiger partial charge on any atom is 0.123 e. The number of aliphatic hydroxyl groups is 1. The van der Waals surface area contributed by atoms with Crippen molar-refractivity contribution in [3.8, 4) is 5.75 Å². The lowest BCUT2D eigenvalue weighted by molar-refractivity contribution is 0.128. The molecule has 1 heterocycles. The topological polar surface area (TPSA) is 41.5 Å². The number of hydrogen-bond donors (Lipinski definition) is 2. The summed E-state index contributed by atoms with van der Waals surface area (Å²) in [6.45, 7) is 1.76. The quantitative estimate of drug-likeness (QED) is 0.893. The predicted octanol–water partition coefficient (Wildman–Crippen LogP) is 2.50. The number of aliphatic hydroxyl groups excluding tert-OH is 1. The number of hydrogen-bond acceptors (Lipinski definition) is 3. The summed E-state index contributed by atoms with van der Waals surface area (Å²) in [7, 11) is 0. The van der Waals surface area contributed by atoms with Gasteiger partial charge in [-0.15, -0.1) is 0 Å². The van der Waals surface area contributed by atoms with Crippen molar-refractivity contribution in [2.45, 2.75) is 37.9 Å². The van der Waals surface area contributed by atoms with Gasteiger partial charge < -0.3 is 15.2 Å². The van der Waals surface area contributed by atoms with E-state index in [2.05, 4.69) is 27.3 Å². The van der Waals surface area contributed by atoms with Crippen LogP contribution in [0.25, 0.3) is 0 Å². The van der Waals surface area contributed by atoms with Crippen molar-refractivity contribution in [3.63, 3.8) is 0 Å². The summed E-state index contributed by atoms with van der Waals surface area (Å²) >= 11 is 3.49. The zero-order chi connectivity index (χ0) is 13.2. The molecule has 1 aromatic carbocycles. The molecule has 1 fully saturated rings. The van der Waals surface area contributed by atoms with Crippen molar-refractivity contribution >= 4 is 15.9 Å². The van der Waals surface area contributed by atoms with Crippen LogP contribution >= 0.6 is 15.9 Å². The van der Waals surface area contributed by atoms with Gasteiger partial charge in [0, 0.05) is 24.0 Å². The Morgan fingerprint density at radius 1 is 1.32 bits per heavy atom. The van der Waals surface area contributed by atoms with Gasteiger partial charge in [0.2, 0.25) is 0 Å². The van der Waals surface area contributed by atoms with Crippen LogP contribution in [0.15, 0.2) is 22.7 Å². The first-order valence-electron chi connectivity index (χ1n) is 7.06. The van der Waals surface area contributed by atoms with Gasteiger partial charge in [-0.3, -0.25) is 0 Å². The highest BCUT2D eigenvalue weighted by molar-refractivity contribution is 9.10. The van der Waals surface area contributed by atoms with Gasteiger partial charge >= 0.3 is 0 Å². The third-order valence-electron chi connectivity index (χ3n) is 4.16. The van der Waals surface area contributed by atoms with E-state index >= 15 is 0 Å². The van der Waals surface area contributed by atoms with Gasteiger partial charge in [0.05, 0.1) is 6.10 Å². The Hall–Kier alpha value is -0.580. The first-order valence-corrected chi connectivity index (χ1v) is 7.85. The standard InChI is InChI=1S/C15H20BrNO2/c16-12-4-5-15-11(6-12)7-13(19-15)9-17-8-10-2-1-3-14(10)18/h4-6,10,13-14,17-18H,1-3,7-9H2. The van der Waals surface area contributed by atoms with Gasteiger partial charge in [-0.1, -0.05) is 22.4 Å². The minimum Gasteiger partial charge on any atom is -0.488 e. The molecule has 3 nitrogen and oxygen atoms in total. The maximum atomic E-state index is 9.78. The van der Waals surface area contributed by atoms with Crippen LogP contribution in [-0.4, -0.2) is 30.4 Å². The molecule has 1 aliphatic carbocycles. The Morgan fingerprint density at radius 3 is 3.00 bits per heavy atom. The third-order valence-corrected chi connectivity index (χ3v) is 4.65. The molecule has 3 rings (SSSR count). The molecule has 0 saturated heterocycles. The van der Waals surface area contributed by atoms with Crippen LogP contribution < -0.4 is 10.1 Å². The monoisotopic (exact) mass is 325 g/mol. The zero-order valence-electron chi connectivity index (χ0n) is 10.9. The Labute approximate surface area is 122 Å². The van der Waals surface area contributed by atoms with Gasteiger partial charge in [0.1, 0.15) is 11.9 Å². The molecular weight excluding hydrogens is 306 g/mol. The zero-order valence-corrected chi connectivity index (χ0v) is 12.5. The largest absolute Gasteiger partial charge is 0.488 e. The predicted molar refractivity (Wildman–Crippen MR) is 78.5 cm³/mol. The molecule has 0 bridgehead atoms.